The van der Waals surface area contributed by atoms with Gasteiger partial charge in [0, 0.05) is 18.2 Å². The van der Waals surface area contributed by atoms with E-state index in [1.54, 1.807) is 25.1 Å². The monoisotopic (exact) mass is 263 g/mol. The molecule has 0 aromatic heterocycles. The highest BCUT2D eigenvalue weighted by Gasteiger charge is 2.29. The van der Waals surface area contributed by atoms with E-state index in [1.165, 1.54) is 0 Å². The number of para-hydroxylation sites is 1. The van der Waals surface area contributed by atoms with E-state index in [-0.39, 0.29) is 30.2 Å². The SMILES string of the molecule is CC(O)CC1CCCN1C(=O)Cc1ccccc1O. The molecule has 4 heteroatoms. The number of benzene rings is 1. The molecule has 0 spiro atoms. The average molecular weight is 263 g/mol. The summed E-state index contributed by atoms with van der Waals surface area (Å²) in [6.07, 6.45) is 2.42. The molecule has 4 nitrogen and oxygen atoms in total. The van der Waals surface area contributed by atoms with Gasteiger partial charge in [0.1, 0.15) is 5.75 Å². The quantitative estimate of drug-likeness (QED) is 0.869. The lowest BCUT2D eigenvalue weighted by Gasteiger charge is -2.26. The Balaban J connectivity index is 2.01. The van der Waals surface area contributed by atoms with Crippen LogP contribution in [-0.4, -0.2) is 39.7 Å². The lowest BCUT2D eigenvalue weighted by atomic mass is 10.1. The van der Waals surface area contributed by atoms with Crippen LogP contribution in [0.2, 0.25) is 0 Å². The minimum absolute atomic E-state index is 0.0321. The van der Waals surface area contributed by atoms with Crippen molar-refractivity contribution in [2.24, 2.45) is 0 Å². The number of aliphatic hydroxyl groups excluding tert-OH is 1. The van der Waals surface area contributed by atoms with Crippen LogP contribution in [0, 0.1) is 0 Å². The number of amides is 1. The number of phenolic OH excluding ortho intramolecular Hbond substituents is 1. The first kappa shape index (κ1) is 13.9. The second-order valence-corrected chi connectivity index (χ2v) is 5.27. The van der Waals surface area contributed by atoms with Crippen LogP contribution in [0.4, 0.5) is 0 Å². The molecule has 0 aliphatic carbocycles. The number of nitrogens with zero attached hydrogens (tertiary/aromatic N) is 1. The minimum Gasteiger partial charge on any atom is -0.508 e. The van der Waals surface area contributed by atoms with Gasteiger partial charge >= 0.3 is 0 Å². The van der Waals surface area contributed by atoms with Crippen LogP contribution in [0.5, 0.6) is 5.75 Å². The smallest absolute Gasteiger partial charge is 0.227 e. The van der Waals surface area contributed by atoms with E-state index in [0.29, 0.717) is 12.0 Å². The number of carbonyl (C=O) groups excluding carboxylic acids is 1. The molecule has 1 heterocycles. The van der Waals surface area contributed by atoms with Gasteiger partial charge < -0.3 is 15.1 Å². The third kappa shape index (κ3) is 3.47. The predicted octanol–water partition coefficient (Wildman–Crippen LogP) is 1.70. The molecule has 1 fully saturated rings. The van der Waals surface area contributed by atoms with E-state index in [9.17, 15) is 15.0 Å². The standard InChI is InChI=1S/C15H21NO3/c1-11(17)9-13-6-4-8-16(13)15(19)10-12-5-2-3-7-14(12)18/h2-3,5,7,11,13,17-18H,4,6,8-10H2,1H3. The highest BCUT2D eigenvalue weighted by molar-refractivity contribution is 5.80. The second-order valence-electron chi connectivity index (χ2n) is 5.27. The van der Waals surface area contributed by atoms with Crippen LogP contribution in [0.3, 0.4) is 0 Å². The molecule has 0 bridgehead atoms. The van der Waals surface area contributed by atoms with Crippen molar-refractivity contribution in [3.8, 4) is 5.75 Å². The first-order chi connectivity index (χ1) is 9.08. The van der Waals surface area contributed by atoms with Gasteiger partial charge in [-0.3, -0.25) is 4.79 Å². The summed E-state index contributed by atoms with van der Waals surface area (Å²) in [5.41, 5.74) is 0.662. The lowest BCUT2D eigenvalue weighted by Crippen LogP contribution is -2.38. The van der Waals surface area contributed by atoms with Gasteiger partial charge in [-0.15, -0.1) is 0 Å². The molecule has 2 rings (SSSR count). The number of phenols is 1. The molecule has 2 unspecified atom stereocenters. The van der Waals surface area contributed by atoms with Crippen molar-refractivity contribution in [1.82, 2.24) is 4.90 Å². The number of likely N-dealkylation sites (tertiary alicyclic amines) is 1. The molecule has 1 aliphatic rings. The topological polar surface area (TPSA) is 60.8 Å². The summed E-state index contributed by atoms with van der Waals surface area (Å²) in [4.78, 5) is 14.1. The van der Waals surface area contributed by atoms with E-state index in [2.05, 4.69) is 0 Å². The van der Waals surface area contributed by atoms with Crippen molar-refractivity contribution in [3.05, 3.63) is 29.8 Å². The average Bonchev–Trinajstić information content (AvgIpc) is 2.79. The lowest BCUT2D eigenvalue weighted by molar-refractivity contribution is -0.131. The van der Waals surface area contributed by atoms with Gasteiger partial charge in [-0.1, -0.05) is 18.2 Å². The van der Waals surface area contributed by atoms with Crippen LogP contribution in [0.15, 0.2) is 24.3 Å². The third-order valence-electron chi connectivity index (χ3n) is 3.64. The maximum absolute atomic E-state index is 12.3. The molecule has 2 N–H and O–H groups in total. The zero-order chi connectivity index (χ0) is 13.8. The zero-order valence-electron chi connectivity index (χ0n) is 11.2. The van der Waals surface area contributed by atoms with Crippen molar-refractivity contribution < 1.29 is 15.0 Å². The molecular formula is C15H21NO3. The Bertz CT molecular complexity index is 445. The molecule has 0 radical (unpaired) electrons. The number of hydrogen-bond donors (Lipinski definition) is 2. The molecule has 1 amide bonds. The van der Waals surface area contributed by atoms with E-state index in [0.717, 1.165) is 19.4 Å². The van der Waals surface area contributed by atoms with Crippen LogP contribution in [0.25, 0.3) is 0 Å². The minimum atomic E-state index is -0.386. The van der Waals surface area contributed by atoms with Crippen LogP contribution in [0.1, 0.15) is 31.7 Å². The second kappa shape index (κ2) is 6.06. The van der Waals surface area contributed by atoms with Gasteiger partial charge in [0.25, 0.3) is 0 Å². The van der Waals surface area contributed by atoms with Crippen LogP contribution in [-0.2, 0) is 11.2 Å². The number of aromatic hydroxyl groups is 1. The predicted molar refractivity (Wildman–Crippen MR) is 72.8 cm³/mol. The van der Waals surface area contributed by atoms with Crippen LogP contribution >= 0.6 is 0 Å². The van der Waals surface area contributed by atoms with E-state index < -0.39 is 0 Å². The molecule has 1 aromatic rings. The van der Waals surface area contributed by atoms with E-state index >= 15 is 0 Å². The van der Waals surface area contributed by atoms with Crippen molar-refractivity contribution >= 4 is 5.91 Å². The fourth-order valence-electron chi connectivity index (χ4n) is 2.73. The van der Waals surface area contributed by atoms with Gasteiger partial charge in [-0.25, -0.2) is 0 Å². The summed E-state index contributed by atoms with van der Waals surface area (Å²) >= 11 is 0. The third-order valence-corrected chi connectivity index (χ3v) is 3.64. The normalized spacial score (nSPS) is 20.5. The van der Waals surface area contributed by atoms with Gasteiger partial charge in [0.05, 0.1) is 12.5 Å². The molecular weight excluding hydrogens is 242 g/mol. The Hall–Kier alpha value is -1.55. The maximum Gasteiger partial charge on any atom is 0.227 e. The number of aliphatic hydroxyl groups is 1. The first-order valence-corrected chi connectivity index (χ1v) is 6.82. The van der Waals surface area contributed by atoms with Crippen molar-refractivity contribution in [3.63, 3.8) is 0 Å². The summed E-state index contributed by atoms with van der Waals surface area (Å²) in [6.45, 7) is 2.51. The Labute approximate surface area is 113 Å². The molecule has 1 saturated heterocycles. The Morgan fingerprint density at radius 2 is 2.21 bits per heavy atom. The summed E-state index contributed by atoms with van der Waals surface area (Å²) in [6, 6.07) is 7.07. The van der Waals surface area contributed by atoms with Crippen molar-refractivity contribution in [1.29, 1.82) is 0 Å². The molecule has 19 heavy (non-hydrogen) atoms. The number of rotatable bonds is 4. The summed E-state index contributed by atoms with van der Waals surface area (Å²) in [7, 11) is 0. The highest BCUT2D eigenvalue weighted by Crippen LogP contribution is 2.24. The van der Waals surface area contributed by atoms with Gasteiger partial charge in [0.2, 0.25) is 5.91 Å². The molecule has 104 valence electrons. The zero-order valence-corrected chi connectivity index (χ0v) is 11.2. The molecule has 2 atom stereocenters. The highest BCUT2D eigenvalue weighted by atomic mass is 16.3. The first-order valence-electron chi connectivity index (χ1n) is 6.82. The molecule has 1 aromatic carbocycles. The summed E-state index contributed by atoms with van der Waals surface area (Å²) in [5, 5.41) is 19.2. The van der Waals surface area contributed by atoms with E-state index in [4.69, 9.17) is 0 Å². The maximum atomic E-state index is 12.3. The fraction of sp³-hybridized carbons (Fsp3) is 0.533. The van der Waals surface area contributed by atoms with Gasteiger partial charge in [-0.05, 0) is 32.3 Å². The summed E-state index contributed by atoms with van der Waals surface area (Å²) < 4.78 is 0. The Kier molecular flexibility index (Phi) is 4.43. The van der Waals surface area contributed by atoms with E-state index in [1.807, 2.05) is 11.0 Å². The van der Waals surface area contributed by atoms with Gasteiger partial charge in [-0.2, -0.15) is 0 Å². The fourth-order valence-corrected chi connectivity index (χ4v) is 2.73. The number of hydrogen-bond acceptors (Lipinski definition) is 3. The van der Waals surface area contributed by atoms with Crippen molar-refractivity contribution in [2.45, 2.75) is 44.8 Å². The summed E-state index contributed by atoms with van der Waals surface area (Å²) in [5.74, 6) is 0.201. The van der Waals surface area contributed by atoms with Crippen molar-refractivity contribution in [2.75, 3.05) is 6.54 Å². The molecule has 1 aliphatic heterocycles. The largest absolute Gasteiger partial charge is 0.508 e. The Morgan fingerprint density at radius 1 is 1.47 bits per heavy atom. The Morgan fingerprint density at radius 3 is 2.89 bits per heavy atom. The van der Waals surface area contributed by atoms with Gasteiger partial charge in [0.15, 0.2) is 0 Å². The van der Waals surface area contributed by atoms with Crippen LogP contribution < -0.4 is 0 Å². The number of carbonyl (C=O) groups is 1. The molecule has 0 saturated carbocycles.